The summed E-state index contributed by atoms with van der Waals surface area (Å²) in [6.07, 6.45) is 0. The highest BCUT2D eigenvalue weighted by atomic mass is 35.5. The molecule has 1 aliphatic heterocycles. The van der Waals surface area contributed by atoms with E-state index in [2.05, 4.69) is 17.2 Å². The summed E-state index contributed by atoms with van der Waals surface area (Å²) in [4.78, 5) is 19.3. The van der Waals surface area contributed by atoms with Gasteiger partial charge in [0.1, 0.15) is 0 Å². The van der Waals surface area contributed by atoms with Crippen molar-refractivity contribution in [3.63, 3.8) is 0 Å². The van der Waals surface area contributed by atoms with Gasteiger partial charge in [-0.3, -0.25) is 9.89 Å². The second kappa shape index (κ2) is 7.93. The largest absolute Gasteiger partial charge is 0.328 e. The van der Waals surface area contributed by atoms with Crippen LogP contribution in [-0.4, -0.2) is 27.9 Å². The number of amidine groups is 1. The van der Waals surface area contributed by atoms with E-state index in [1.54, 1.807) is 40.9 Å². The molecule has 0 unspecified atom stereocenters. The topological polar surface area (TPSA) is 44.7 Å². The molecule has 1 aliphatic rings. The molecule has 2 atom stereocenters. The van der Waals surface area contributed by atoms with Gasteiger partial charge in [0.2, 0.25) is 0 Å². The number of nitrogens with zero attached hydrogens (tertiary/aromatic N) is 2. The van der Waals surface area contributed by atoms with Gasteiger partial charge in [-0.2, -0.15) is 0 Å². The second-order valence-corrected chi connectivity index (χ2v) is 7.79. The van der Waals surface area contributed by atoms with Crippen molar-refractivity contribution < 1.29 is 4.79 Å². The molecule has 1 heterocycles. The molecule has 2 aromatic rings. The van der Waals surface area contributed by atoms with Crippen LogP contribution in [0.1, 0.15) is 25.5 Å². The summed E-state index contributed by atoms with van der Waals surface area (Å²) in [6.45, 7) is 4.86. The molecule has 3 rings (SSSR count). The highest BCUT2D eigenvalue weighted by Gasteiger charge is 2.30. The van der Waals surface area contributed by atoms with Crippen LogP contribution in [0.15, 0.2) is 59.6 Å². The van der Waals surface area contributed by atoms with Crippen LogP contribution in [0.25, 0.3) is 0 Å². The summed E-state index contributed by atoms with van der Waals surface area (Å²) >= 11 is 7.55. The summed E-state index contributed by atoms with van der Waals surface area (Å²) in [5.74, 6) is 0. The van der Waals surface area contributed by atoms with Crippen LogP contribution in [-0.2, 0) is 0 Å². The molecular weight excluding hydrogens is 354 g/mol. The molecule has 25 heavy (non-hydrogen) atoms. The van der Waals surface area contributed by atoms with Gasteiger partial charge in [-0.25, -0.2) is 4.79 Å². The lowest BCUT2D eigenvalue weighted by Crippen LogP contribution is -2.40. The predicted molar refractivity (Wildman–Crippen MR) is 107 cm³/mol. The average molecular weight is 374 g/mol. The van der Waals surface area contributed by atoms with E-state index < -0.39 is 0 Å². The van der Waals surface area contributed by atoms with E-state index in [9.17, 15) is 4.79 Å². The zero-order valence-electron chi connectivity index (χ0n) is 14.1. The molecule has 0 radical (unpaired) electrons. The lowest BCUT2D eigenvalue weighted by molar-refractivity contribution is 0.225. The Morgan fingerprint density at radius 3 is 2.52 bits per heavy atom. The maximum atomic E-state index is 13.0. The molecule has 1 N–H and O–H groups in total. The molecule has 0 saturated carbocycles. The Kier molecular flexibility index (Phi) is 5.66. The lowest BCUT2D eigenvalue weighted by Gasteiger charge is -2.29. The number of carbonyl (C=O) groups excluding carboxylic acids is 1. The number of anilines is 1. The number of rotatable bonds is 3. The van der Waals surface area contributed by atoms with Gasteiger partial charge < -0.3 is 5.32 Å². The monoisotopic (exact) mass is 373 g/mol. The quantitative estimate of drug-likeness (QED) is 0.779. The minimum atomic E-state index is -0.195. The van der Waals surface area contributed by atoms with Crippen LogP contribution in [0, 0.1) is 0 Å². The van der Waals surface area contributed by atoms with Crippen LogP contribution in [0.5, 0.6) is 0 Å². The van der Waals surface area contributed by atoms with Crippen molar-refractivity contribution in [1.29, 1.82) is 0 Å². The summed E-state index contributed by atoms with van der Waals surface area (Å²) in [5, 5.41) is 4.72. The number of benzene rings is 2. The van der Waals surface area contributed by atoms with Gasteiger partial charge in [0, 0.05) is 16.0 Å². The fourth-order valence-electron chi connectivity index (χ4n) is 2.62. The molecule has 2 aromatic carbocycles. The molecule has 0 bridgehead atoms. The third-order valence-corrected chi connectivity index (χ3v) is 5.32. The molecule has 130 valence electrons. The molecule has 6 heteroatoms. The Morgan fingerprint density at radius 1 is 1.24 bits per heavy atom. The molecule has 0 aliphatic carbocycles. The minimum Gasteiger partial charge on any atom is -0.307 e. The Hall–Kier alpha value is -1.98. The van der Waals surface area contributed by atoms with Crippen molar-refractivity contribution in [3.05, 3.63) is 65.2 Å². The van der Waals surface area contributed by atoms with Crippen LogP contribution >= 0.6 is 23.4 Å². The van der Waals surface area contributed by atoms with Gasteiger partial charge in [-0.05, 0) is 36.8 Å². The number of hydrogen-bond acceptors (Lipinski definition) is 3. The van der Waals surface area contributed by atoms with E-state index in [0.717, 1.165) is 17.3 Å². The molecule has 0 saturated heterocycles. The van der Waals surface area contributed by atoms with E-state index >= 15 is 0 Å². The first-order chi connectivity index (χ1) is 12.0. The first kappa shape index (κ1) is 17.8. The van der Waals surface area contributed by atoms with Crippen molar-refractivity contribution in [3.8, 4) is 0 Å². The Labute approximate surface area is 157 Å². The Morgan fingerprint density at radius 2 is 1.92 bits per heavy atom. The first-order valence-corrected chi connectivity index (χ1v) is 9.42. The fraction of sp³-hybridized carbons (Fsp3) is 0.263. The second-order valence-electron chi connectivity index (χ2n) is 5.95. The fourth-order valence-corrected chi connectivity index (χ4v) is 3.76. The first-order valence-electron chi connectivity index (χ1n) is 8.16. The molecule has 0 fully saturated rings. The molecular formula is C19H20ClN3OS. The number of amides is 2. The van der Waals surface area contributed by atoms with E-state index in [1.165, 1.54) is 0 Å². The maximum Gasteiger partial charge on any atom is 0.328 e. The molecule has 4 nitrogen and oxygen atoms in total. The van der Waals surface area contributed by atoms with Crippen molar-refractivity contribution in [2.45, 2.75) is 25.1 Å². The molecule has 0 aromatic heterocycles. The Balaban J connectivity index is 1.85. The summed E-state index contributed by atoms with van der Waals surface area (Å²) in [6, 6.07) is 16.8. The average Bonchev–Trinajstić information content (AvgIpc) is 3.04. The minimum absolute atomic E-state index is 0.120. The predicted octanol–water partition coefficient (Wildman–Crippen LogP) is 5.43. The van der Waals surface area contributed by atoms with Crippen molar-refractivity contribution >= 4 is 40.2 Å². The van der Waals surface area contributed by atoms with Gasteiger partial charge in [0.25, 0.3) is 0 Å². The number of urea groups is 1. The van der Waals surface area contributed by atoms with Crippen LogP contribution in [0.3, 0.4) is 0 Å². The highest BCUT2D eigenvalue weighted by molar-refractivity contribution is 8.14. The SMILES string of the molecule is C[C@H]1CN=C(N(C(=O)Nc2ccc(Cl)cc2)[C@@H](C)c2ccccc2)S1. The summed E-state index contributed by atoms with van der Waals surface area (Å²) < 4.78 is 0. The van der Waals surface area contributed by atoms with Gasteiger partial charge in [-0.1, -0.05) is 60.6 Å². The standard InChI is InChI=1S/C19H20ClN3OS/c1-13-12-21-19(25-13)23(14(2)15-6-4-3-5-7-15)18(24)22-17-10-8-16(20)9-11-17/h3-11,13-14H,12H2,1-2H3,(H,22,24)/t13-,14-/m0/s1. The number of hydrogen-bond donors (Lipinski definition) is 1. The van der Waals surface area contributed by atoms with Crippen LogP contribution in [0.2, 0.25) is 5.02 Å². The van der Waals surface area contributed by atoms with Gasteiger partial charge in [-0.15, -0.1) is 0 Å². The summed E-state index contributed by atoms with van der Waals surface area (Å²) in [5.41, 5.74) is 1.77. The van der Waals surface area contributed by atoms with E-state index in [4.69, 9.17) is 11.6 Å². The van der Waals surface area contributed by atoms with Gasteiger partial charge >= 0.3 is 6.03 Å². The van der Waals surface area contributed by atoms with E-state index in [-0.39, 0.29) is 12.1 Å². The number of aliphatic imine (C=N–C) groups is 1. The van der Waals surface area contributed by atoms with Crippen molar-refractivity contribution in [2.75, 3.05) is 11.9 Å². The number of nitrogens with one attached hydrogen (secondary N) is 1. The van der Waals surface area contributed by atoms with Crippen LogP contribution < -0.4 is 5.32 Å². The van der Waals surface area contributed by atoms with E-state index in [0.29, 0.717) is 16.0 Å². The van der Waals surface area contributed by atoms with E-state index in [1.807, 2.05) is 37.3 Å². The zero-order chi connectivity index (χ0) is 17.8. The molecule has 2 amide bonds. The number of thioether (sulfide) groups is 1. The lowest BCUT2D eigenvalue weighted by atomic mass is 10.1. The van der Waals surface area contributed by atoms with Crippen LogP contribution in [0.4, 0.5) is 10.5 Å². The van der Waals surface area contributed by atoms with Gasteiger partial charge in [0.15, 0.2) is 5.17 Å². The van der Waals surface area contributed by atoms with Crippen molar-refractivity contribution in [2.24, 2.45) is 4.99 Å². The van der Waals surface area contributed by atoms with Crippen molar-refractivity contribution in [1.82, 2.24) is 4.90 Å². The normalized spacial score (nSPS) is 17.7. The smallest absolute Gasteiger partial charge is 0.307 e. The maximum absolute atomic E-state index is 13.0. The third kappa shape index (κ3) is 4.35. The molecule has 0 spiro atoms. The zero-order valence-corrected chi connectivity index (χ0v) is 15.7. The Bertz CT molecular complexity index is 764. The number of carbonyl (C=O) groups is 1. The third-order valence-electron chi connectivity index (χ3n) is 3.98. The highest BCUT2D eigenvalue weighted by Crippen LogP contribution is 2.30. The summed E-state index contributed by atoms with van der Waals surface area (Å²) in [7, 11) is 0. The van der Waals surface area contributed by atoms with Gasteiger partial charge in [0.05, 0.1) is 12.6 Å². The number of halogens is 1.